The average molecular weight is 616 g/mol. The maximum absolute atomic E-state index is 14.0. The van der Waals surface area contributed by atoms with E-state index in [-0.39, 0.29) is 18.5 Å². The van der Waals surface area contributed by atoms with E-state index < -0.39 is 29.8 Å². The average Bonchev–Trinajstić information content (AvgIpc) is 3.05. The molecule has 236 valence electrons. The molecule has 2 aliphatic rings. The molecule has 1 aromatic heterocycles. The van der Waals surface area contributed by atoms with E-state index in [1.54, 1.807) is 12.1 Å². The van der Waals surface area contributed by atoms with Gasteiger partial charge < -0.3 is 34.3 Å². The third-order valence-corrected chi connectivity index (χ3v) is 7.53. The van der Waals surface area contributed by atoms with Crippen molar-refractivity contribution in [2.45, 2.75) is 38.4 Å². The number of nitrogens with zero attached hydrogens (tertiary/aromatic N) is 2. The minimum absolute atomic E-state index is 0.174. The van der Waals surface area contributed by atoms with E-state index in [2.05, 4.69) is 10.2 Å². The van der Waals surface area contributed by atoms with E-state index in [1.807, 2.05) is 25.1 Å². The number of anilines is 2. The van der Waals surface area contributed by atoms with E-state index in [0.29, 0.717) is 51.1 Å². The summed E-state index contributed by atoms with van der Waals surface area (Å²) in [6.07, 6.45) is 2.75. The zero-order valence-electron chi connectivity index (χ0n) is 24.5. The lowest BCUT2D eigenvalue weighted by molar-refractivity contribution is -0.165. The molecule has 44 heavy (non-hydrogen) atoms. The summed E-state index contributed by atoms with van der Waals surface area (Å²) in [6.45, 7) is 4.16. The van der Waals surface area contributed by atoms with Gasteiger partial charge in [0.15, 0.2) is 6.29 Å². The SMILES string of the molecule is Cc1ccc(NC(=O)c2ccc(F)c(C(F)(F)CO)c2)cc1-c1cc(OCCOC2CCCCO2)nc(N2CCOCC2)c1. The van der Waals surface area contributed by atoms with Gasteiger partial charge in [0.25, 0.3) is 11.8 Å². The van der Waals surface area contributed by atoms with Gasteiger partial charge in [-0.2, -0.15) is 13.8 Å². The lowest BCUT2D eigenvalue weighted by atomic mass is 10.00. The molecule has 0 radical (unpaired) electrons. The summed E-state index contributed by atoms with van der Waals surface area (Å²) in [5, 5.41) is 11.7. The maximum Gasteiger partial charge on any atom is 0.298 e. The molecule has 1 unspecified atom stereocenters. The molecule has 9 nitrogen and oxygen atoms in total. The van der Waals surface area contributed by atoms with Gasteiger partial charge in [-0.3, -0.25) is 4.79 Å². The molecule has 2 saturated heterocycles. The Hall–Kier alpha value is -3.71. The first-order chi connectivity index (χ1) is 21.2. The molecule has 0 spiro atoms. The van der Waals surface area contributed by atoms with Crippen LogP contribution in [0, 0.1) is 12.7 Å². The first-order valence-electron chi connectivity index (χ1n) is 14.7. The van der Waals surface area contributed by atoms with Gasteiger partial charge in [0.05, 0.1) is 25.4 Å². The summed E-state index contributed by atoms with van der Waals surface area (Å²) in [7, 11) is 0. The Bertz CT molecular complexity index is 1440. The first-order valence-corrected chi connectivity index (χ1v) is 14.7. The third-order valence-electron chi connectivity index (χ3n) is 7.53. The van der Waals surface area contributed by atoms with Crippen molar-refractivity contribution in [3.05, 3.63) is 71.0 Å². The van der Waals surface area contributed by atoms with Crippen LogP contribution in [0.25, 0.3) is 11.1 Å². The van der Waals surface area contributed by atoms with Crippen LogP contribution < -0.4 is 15.0 Å². The number of hydrogen-bond acceptors (Lipinski definition) is 8. The second-order valence-electron chi connectivity index (χ2n) is 10.7. The van der Waals surface area contributed by atoms with Crippen molar-refractivity contribution in [2.75, 3.05) is 62.9 Å². The van der Waals surface area contributed by atoms with Crippen LogP contribution in [0.2, 0.25) is 0 Å². The highest BCUT2D eigenvalue weighted by atomic mass is 19.3. The molecular formula is C32H36F3N3O6. The first kappa shape index (κ1) is 31.7. The van der Waals surface area contributed by atoms with E-state index in [0.717, 1.165) is 60.0 Å². The normalized spacial score (nSPS) is 17.4. The number of alkyl halides is 2. The summed E-state index contributed by atoms with van der Waals surface area (Å²) < 4.78 is 65.0. The number of pyridine rings is 1. The largest absolute Gasteiger partial charge is 0.475 e. The molecule has 5 rings (SSSR count). The van der Waals surface area contributed by atoms with E-state index in [9.17, 15) is 18.0 Å². The van der Waals surface area contributed by atoms with Crippen molar-refractivity contribution in [2.24, 2.45) is 0 Å². The summed E-state index contributed by atoms with van der Waals surface area (Å²) in [5.41, 5.74) is 1.69. The number of nitrogens with one attached hydrogen (secondary N) is 1. The Morgan fingerprint density at radius 2 is 1.91 bits per heavy atom. The number of hydrogen-bond donors (Lipinski definition) is 2. The molecule has 12 heteroatoms. The predicted octanol–water partition coefficient (Wildman–Crippen LogP) is 5.29. The molecule has 0 aliphatic carbocycles. The van der Waals surface area contributed by atoms with E-state index >= 15 is 0 Å². The molecule has 0 saturated carbocycles. The van der Waals surface area contributed by atoms with Gasteiger partial charge in [-0.05, 0) is 79.3 Å². The molecule has 1 atom stereocenters. The quantitative estimate of drug-likeness (QED) is 0.281. The molecule has 2 aromatic carbocycles. The molecule has 2 N–H and O–H groups in total. The van der Waals surface area contributed by atoms with Crippen LogP contribution in [0.3, 0.4) is 0 Å². The molecule has 3 aromatic rings. The minimum Gasteiger partial charge on any atom is -0.475 e. The van der Waals surface area contributed by atoms with Gasteiger partial charge in [0, 0.05) is 37.0 Å². The molecule has 0 bridgehead atoms. The number of rotatable bonds is 11. The highest BCUT2D eigenvalue weighted by Crippen LogP contribution is 2.33. The summed E-state index contributed by atoms with van der Waals surface area (Å²) >= 11 is 0. The number of aliphatic hydroxyl groups excluding tert-OH is 1. The number of carbonyl (C=O) groups is 1. The number of aryl methyl sites for hydroxylation is 1. The van der Waals surface area contributed by atoms with Crippen LogP contribution in [-0.2, 0) is 20.1 Å². The second kappa shape index (κ2) is 14.4. The van der Waals surface area contributed by atoms with Crippen LogP contribution in [-0.4, -0.2) is 75.0 Å². The van der Waals surface area contributed by atoms with Gasteiger partial charge in [-0.15, -0.1) is 0 Å². The van der Waals surface area contributed by atoms with Crippen LogP contribution in [0.15, 0.2) is 48.5 Å². The van der Waals surface area contributed by atoms with Crippen LogP contribution in [0.1, 0.15) is 40.7 Å². The number of carbonyl (C=O) groups excluding carboxylic acids is 1. The Morgan fingerprint density at radius 1 is 1.09 bits per heavy atom. The van der Waals surface area contributed by atoms with Crippen LogP contribution in [0.5, 0.6) is 5.88 Å². The topological polar surface area (TPSA) is 102 Å². The number of benzene rings is 2. The molecule has 3 heterocycles. The molecular weight excluding hydrogens is 579 g/mol. The highest BCUT2D eigenvalue weighted by Gasteiger charge is 2.34. The number of aliphatic hydroxyl groups is 1. The van der Waals surface area contributed by atoms with Gasteiger partial charge in [0.2, 0.25) is 5.88 Å². The standard InChI is InChI=1S/C32H36F3N3O6/c1-21-5-7-24(36-31(40)22-6-8-27(33)26(16-22)32(34,35)20-39)19-25(21)23-17-28(38-9-12-41-13-10-38)37-29(18-23)42-14-15-44-30-4-2-3-11-43-30/h5-8,16-19,30,39H,2-4,9-15,20H2,1H3,(H,36,40). The highest BCUT2D eigenvalue weighted by molar-refractivity contribution is 6.04. The monoisotopic (exact) mass is 615 g/mol. The van der Waals surface area contributed by atoms with Gasteiger partial charge >= 0.3 is 0 Å². The Labute approximate surface area is 253 Å². The van der Waals surface area contributed by atoms with Gasteiger partial charge in [0.1, 0.15) is 24.8 Å². The number of ether oxygens (including phenoxy) is 4. The third kappa shape index (κ3) is 7.86. The van der Waals surface area contributed by atoms with E-state index in [4.69, 9.17) is 29.0 Å². The number of halogens is 3. The lowest BCUT2D eigenvalue weighted by Crippen LogP contribution is -2.36. The zero-order valence-corrected chi connectivity index (χ0v) is 24.5. The number of aromatic nitrogens is 1. The van der Waals surface area contributed by atoms with Crippen molar-refractivity contribution in [1.29, 1.82) is 0 Å². The number of amides is 1. The van der Waals surface area contributed by atoms with Crippen LogP contribution in [0.4, 0.5) is 24.7 Å². The maximum atomic E-state index is 14.0. The van der Waals surface area contributed by atoms with Crippen LogP contribution >= 0.6 is 0 Å². The van der Waals surface area contributed by atoms with Gasteiger partial charge in [-0.1, -0.05) is 6.07 Å². The fraction of sp³-hybridized carbons (Fsp3) is 0.438. The zero-order chi connectivity index (χ0) is 31.1. The Kier molecular flexibility index (Phi) is 10.4. The van der Waals surface area contributed by atoms with Crippen molar-refractivity contribution in [3.63, 3.8) is 0 Å². The number of morpholine rings is 1. The van der Waals surface area contributed by atoms with Crippen molar-refractivity contribution in [3.8, 4) is 17.0 Å². The van der Waals surface area contributed by atoms with Crippen molar-refractivity contribution < 1.29 is 42.0 Å². The lowest BCUT2D eigenvalue weighted by Gasteiger charge is -2.28. The van der Waals surface area contributed by atoms with E-state index in [1.165, 1.54) is 0 Å². The summed E-state index contributed by atoms with van der Waals surface area (Å²) in [4.78, 5) is 19.8. The fourth-order valence-corrected chi connectivity index (χ4v) is 5.09. The molecule has 1 amide bonds. The smallest absolute Gasteiger partial charge is 0.298 e. The second-order valence-corrected chi connectivity index (χ2v) is 10.7. The van der Waals surface area contributed by atoms with Crippen molar-refractivity contribution >= 4 is 17.4 Å². The minimum atomic E-state index is -3.83. The Morgan fingerprint density at radius 3 is 2.66 bits per heavy atom. The fourth-order valence-electron chi connectivity index (χ4n) is 5.09. The predicted molar refractivity (Wildman–Crippen MR) is 158 cm³/mol. The Balaban J connectivity index is 1.37. The summed E-state index contributed by atoms with van der Waals surface area (Å²) in [5.74, 6) is -4.61. The van der Waals surface area contributed by atoms with Crippen molar-refractivity contribution in [1.82, 2.24) is 4.98 Å². The molecule has 2 aliphatic heterocycles. The molecule has 2 fully saturated rings. The van der Waals surface area contributed by atoms with Gasteiger partial charge in [-0.25, -0.2) is 4.39 Å². The summed E-state index contributed by atoms with van der Waals surface area (Å²) in [6, 6.07) is 11.7.